The van der Waals surface area contributed by atoms with Gasteiger partial charge in [0.05, 0.1) is 19.0 Å². The first kappa shape index (κ1) is 14.8. The Labute approximate surface area is 134 Å². The van der Waals surface area contributed by atoms with Crippen molar-refractivity contribution in [2.45, 2.75) is 6.92 Å². The lowest BCUT2D eigenvalue weighted by Crippen LogP contribution is -2.03. The van der Waals surface area contributed by atoms with E-state index in [2.05, 4.69) is 25.8 Å². The summed E-state index contributed by atoms with van der Waals surface area (Å²) in [6, 6.07) is 15.6. The molecule has 23 heavy (non-hydrogen) atoms. The van der Waals surface area contributed by atoms with Crippen molar-refractivity contribution in [1.29, 1.82) is 0 Å². The highest BCUT2D eigenvalue weighted by molar-refractivity contribution is 5.64. The zero-order chi connectivity index (χ0) is 16.1. The van der Waals surface area contributed by atoms with Crippen molar-refractivity contribution in [2.75, 3.05) is 17.7 Å². The van der Waals surface area contributed by atoms with Gasteiger partial charge in [-0.1, -0.05) is 30.3 Å². The summed E-state index contributed by atoms with van der Waals surface area (Å²) in [7, 11) is 1.62. The molecular formula is C17H17N5O. The Hall–Kier alpha value is -3.15. The molecule has 0 aliphatic rings. The summed E-state index contributed by atoms with van der Waals surface area (Å²) in [5, 5.41) is 14.3. The maximum atomic E-state index is 5.31. The van der Waals surface area contributed by atoms with Crippen molar-refractivity contribution in [3.05, 3.63) is 60.3 Å². The van der Waals surface area contributed by atoms with E-state index in [9.17, 15) is 0 Å². The van der Waals surface area contributed by atoms with E-state index >= 15 is 0 Å². The quantitative estimate of drug-likeness (QED) is 0.749. The summed E-state index contributed by atoms with van der Waals surface area (Å²) in [5.74, 6) is 1.73. The molecule has 3 rings (SSSR count). The van der Waals surface area contributed by atoms with Crippen LogP contribution in [0.5, 0.6) is 5.75 Å². The Bertz CT molecular complexity index is 806. The Kier molecular flexibility index (Phi) is 4.33. The van der Waals surface area contributed by atoms with Crippen LogP contribution in [-0.4, -0.2) is 22.3 Å². The van der Waals surface area contributed by atoms with Crippen LogP contribution in [0, 0.1) is 6.92 Å². The molecule has 0 saturated carbocycles. The number of ether oxygens (including phenoxy) is 1. The summed E-state index contributed by atoms with van der Waals surface area (Å²) in [4.78, 5) is 4.43. The average molecular weight is 307 g/mol. The predicted octanol–water partition coefficient (Wildman–Crippen LogP) is 3.68. The Morgan fingerprint density at radius 2 is 1.65 bits per heavy atom. The average Bonchev–Trinajstić information content (AvgIpc) is 2.58. The fraction of sp³-hybridized carbons (Fsp3) is 0.118. The fourth-order valence-electron chi connectivity index (χ4n) is 2.14. The van der Waals surface area contributed by atoms with E-state index in [0.717, 1.165) is 16.9 Å². The third-order valence-electron chi connectivity index (χ3n) is 3.32. The maximum Gasteiger partial charge on any atom is 0.249 e. The van der Waals surface area contributed by atoms with Gasteiger partial charge in [0, 0.05) is 5.69 Å². The Morgan fingerprint density at radius 3 is 2.43 bits per heavy atom. The molecule has 0 amide bonds. The highest BCUT2D eigenvalue weighted by Gasteiger charge is 2.06. The van der Waals surface area contributed by atoms with E-state index in [-0.39, 0.29) is 0 Å². The van der Waals surface area contributed by atoms with Crippen LogP contribution >= 0.6 is 0 Å². The second-order valence-corrected chi connectivity index (χ2v) is 4.93. The molecule has 2 aromatic carbocycles. The Morgan fingerprint density at radius 1 is 0.913 bits per heavy atom. The Balaban J connectivity index is 1.81. The number of nitrogens with zero attached hydrogens (tertiary/aromatic N) is 3. The first-order valence-electron chi connectivity index (χ1n) is 7.18. The van der Waals surface area contributed by atoms with Crippen LogP contribution in [-0.2, 0) is 0 Å². The number of aryl methyl sites for hydroxylation is 1. The molecule has 0 atom stereocenters. The third kappa shape index (κ3) is 3.55. The zero-order valence-corrected chi connectivity index (χ0v) is 12.9. The number of anilines is 4. The van der Waals surface area contributed by atoms with Crippen LogP contribution in [0.15, 0.2) is 54.7 Å². The van der Waals surface area contributed by atoms with Gasteiger partial charge in [0.15, 0.2) is 5.82 Å². The molecule has 0 spiro atoms. The number of hydrogen-bond acceptors (Lipinski definition) is 6. The van der Waals surface area contributed by atoms with Crippen LogP contribution in [0.25, 0.3) is 0 Å². The van der Waals surface area contributed by atoms with Crippen molar-refractivity contribution >= 4 is 23.1 Å². The molecule has 3 aromatic rings. The highest BCUT2D eigenvalue weighted by atomic mass is 16.5. The molecule has 0 fully saturated rings. The van der Waals surface area contributed by atoms with Crippen LogP contribution in [0.4, 0.5) is 23.1 Å². The van der Waals surface area contributed by atoms with Crippen molar-refractivity contribution in [2.24, 2.45) is 0 Å². The number of rotatable bonds is 5. The smallest absolute Gasteiger partial charge is 0.249 e. The van der Waals surface area contributed by atoms with Gasteiger partial charge in [-0.25, -0.2) is 0 Å². The first-order chi connectivity index (χ1) is 11.3. The lowest BCUT2D eigenvalue weighted by molar-refractivity contribution is 0.417. The molecule has 0 saturated heterocycles. The minimum Gasteiger partial charge on any atom is -0.495 e. The molecule has 1 heterocycles. The number of methoxy groups -OCH3 is 1. The molecule has 0 unspecified atom stereocenters. The number of hydrogen-bond donors (Lipinski definition) is 2. The zero-order valence-electron chi connectivity index (χ0n) is 12.9. The molecule has 116 valence electrons. The summed E-state index contributed by atoms with van der Waals surface area (Å²) in [6.07, 6.45) is 1.58. The standard InChI is InChI=1S/C17H17N5O/c1-12-7-3-4-8-13(12)19-16-11-18-22-17(21-16)20-14-9-5-6-10-15(14)23-2/h3-11H,1-2H3,(H2,19,20,21,22). The predicted molar refractivity (Wildman–Crippen MR) is 90.6 cm³/mol. The van der Waals surface area contributed by atoms with Crippen molar-refractivity contribution < 1.29 is 4.74 Å². The molecule has 1 aromatic heterocycles. The van der Waals surface area contributed by atoms with E-state index in [0.29, 0.717) is 17.5 Å². The summed E-state index contributed by atoms with van der Waals surface area (Å²) in [5.41, 5.74) is 2.89. The molecular weight excluding hydrogens is 290 g/mol. The normalized spacial score (nSPS) is 10.2. The maximum absolute atomic E-state index is 5.31. The van der Waals surface area contributed by atoms with Crippen LogP contribution in [0.3, 0.4) is 0 Å². The summed E-state index contributed by atoms with van der Waals surface area (Å²) >= 11 is 0. The van der Waals surface area contributed by atoms with E-state index in [1.807, 2.05) is 55.5 Å². The molecule has 6 nitrogen and oxygen atoms in total. The van der Waals surface area contributed by atoms with E-state index in [4.69, 9.17) is 4.74 Å². The minimum absolute atomic E-state index is 0.396. The first-order valence-corrected chi connectivity index (χ1v) is 7.18. The number of benzene rings is 2. The van der Waals surface area contributed by atoms with Gasteiger partial charge in [-0.05, 0) is 30.7 Å². The largest absolute Gasteiger partial charge is 0.495 e. The van der Waals surface area contributed by atoms with E-state index < -0.39 is 0 Å². The van der Waals surface area contributed by atoms with Gasteiger partial charge >= 0.3 is 0 Å². The van der Waals surface area contributed by atoms with Gasteiger partial charge in [0.2, 0.25) is 5.95 Å². The molecule has 0 radical (unpaired) electrons. The summed E-state index contributed by atoms with van der Waals surface area (Å²) in [6.45, 7) is 2.03. The van der Waals surface area contributed by atoms with Crippen molar-refractivity contribution in [3.8, 4) is 5.75 Å². The minimum atomic E-state index is 0.396. The lowest BCUT2D eigenvalue weighted by atomic mass is 10.2. The number of nitrogens with one attached hydrogen (secondary N) is 2. The topological polar surface area (TPSA) is 72.0 Å². The van der Waals surface area contributed by atoms with Crippen molar-refractivity contribution in [3.63, 3.8) is 0 Å². The van der Waals surface area contributed by atoms with Gasteiger partial charge in [-0.3, -0.25) is 0 Å². The van der Waals surface area contributed by atoms with E-state index in [1.165, 1.54) is 0 Å². The monoisotopic (exact) mass is 307 g/mol. The summed E-state index contributed by atoms with van der Waals surface area (Å²) < 4.78 is 5.31. The van der Waals surface area contributed by atoms with Gasteiger partial charge in [0.25, 0.3) is 0 Å². The van der Waals surface area contributed by atoms with Crippen molar-refractivity contribution in [1.82, 2.24) is 15.2 Å². The lowest BCUT2D eigenvalue weighted by Gasteiger charge is -2.11. The second-order valence-electron chi connectivity index (χ2n) is 4.93. The van der Waals surface area contributed by atoms with Gasteiger partial charge in [0.1, 0.15) is 5.75 Å². The molecule has 0 bridgehead atoms. The number of para-hydroxylation sites is 3. The van der Waals surface area contributed by atoms with Gasteiger partial charge < -0.3 is 15.4 Å². The van der Waals surface area contributed by atoms with Crippen LogP contribution < -0.4 is 15.4 Å². The highest BCUT2D eigenvalue weighted by Crippen LogP contribution is 2.26. The van der Waals surface area contributed by atoms with Crippen LogP contribution in [0.2, 0.25) is 0 Å². The molecule has 0 aliphatic carbocycles. The van der Waals surface area contributed by atoms with Crippen LogP contribution in [0.1, 0.15) is 5.56 Å². The third-order valence-corrected chi connectivity index (χ3v) is 3.32. The number of aromatic nitrogens is 3. The molecule has 6 heteroatoms. The van der Waals surface area contributed by atoms with E-state index in [1.54, 1.807) is 13.3 Å². The molecule has 0 aliphatic heterocycles. The van der Waals surface area contributed by atoms with Gasteiger partial charge in [-0.15, -0.1) is 5.10 Å². The van der Waals surface area contributed by atoms with Gasteiger partial charge in [-0.2, -0.15) is 10.1 Å². The fourth-order valence-corrected chi connectivity index (χ4v) is 2.14. The SMILES string of the molecule is COc1ccccc1Nc1nncc(Nc2ccccc2C)n1. The second kappa shape index (κ2) is 6.74. The molecule has 2 N–H and O–H groups in total.